The van der Waals surface area contributed by atoms with E-state index in [0.717, 1.165) is 4.96 Å². The second-order valence-electron chi connectivity index (χ2n) is 3.97. The number of hydrogen-bond acceptors (Lipinski definition) is 5. The number of carboxylic acid groups (broad SMARTS) is 1. The number of carbonyl (C=O) groups is 2. The number of aromatic nitrogens is 2. The van der Waals surface area contributed by atoms with Gasteiger partial charge in [0.1, 0.15) is 6.04 Å². The molecule has 8 heteroatoms. The number of aliphatic hydroxyl groups is 1. The highest BCUT2D eigenvalue weighted by molar-refractivity contribution is 7.15. The average Bonchev–Trinajstić information content (AvgIpc) is 2.88. The summed E-state index contributed by atoms with van der Waals surface area (Å²) in [6.45, 7) is -0.294. The normalized spacial score (nSPS) is 12.5. The SMILES string of the molecule is O=C(Cc1cn2ccsc2n1)N[C@@H](CCO)C(=O)O. The first-order valence-corrected chi connectivity index (χ1v) is 6.52. The van der Waals surface area contributed by atoms with E-state index in [-0.39, 0.29) is 19.4 Å². The molecular weight excluding hydrogens is 270 g/mol. The number of carbonyl (C=O) groups excluding carboxylic acids is 1. The number of hydrogen-bond donors (Lipinski definition) is 3. The fourth-order valence-electron chi connectivity index (χ4n) is 1.66. The molecule has 0 unspecified atom stereocenters. The molecule has 2 aromatic heterocycles. The van der Waals surface area contributed by atoms with Crippen LogP contribution in [0.2, 0.25) is 0 Å². The number of imidazole rings is 1. The molecule has 0 radical (unpaired) electrons. The molecule has 1 atom stereocenters. The standard InChI is InChI=1S/C11H13N3O4S/c15-3-1-8(10(17)18)13-9(16)5-7-6-14-2-4-19-11(14)12-7/h2,4,6,8,15H,1,3,5H2,(H,13,16)(H,17,18)/t8-/m0/s1. The summed E-state index contributed by atoms with van der Waals surface area (Å²) in [5.41, 5.74) is 0.581. The van der Waals surface area contributed by atoms with Gasteiger partial charge in [-0.05, 0) is 0 Å². The summed E-state index contributed by atoms with van der Waals surface area (Å²) in [6, 6.07) is -1.07. The minimum atomic E-state index is -1.16. The monoisotopic (exact) mass is 283 g/mol. The minimum Gasteiger partial charge on any atom is -0.480 e. The van der Waals surface area contributed by atoms with Gasteiger partial charge in [0, 0.05) is 30.8 Å². The molecule has 0 saturated carbocycles. The van der Waals surface area contributed by atoms with Gasteiger partial charge in [-0.1, -0.05) is 0 Å². The smallest absolute Gasteiger partial charge is 0.326 e. The highest BCUT2D eigenvalue weighted by Gasteiger charge is 2.19. The first kappa shape index (κ1) is 13.5. The highest BCUT2D eigenvalue weighted by Crippen LogP contribution is 2.11. The molecule has 19 heavy (non-hydrogen) atoms. The fourth-order valence-corrected chi connectivity index (χ4v) is 2.38. The van der Waals surface area contributed by atoms with Gasteiger partial charge in [-0.3, -0.25) is 9.20 Å². The van der Waals surface area contributed by atoms with Gasteiger partial charge in [0.05, 0.1) is 12.1 Å². The molecule has 2 rings (SSSR count). The molecule has 0 aliphatic carbocycles. The van der Waals surface area contributed by atoms with Crippen molar-refractivity contribution < 1.29 is 19.8 Å². The van der Waals surface area contributed by atoms with E-state index >= 15 is 0 Å². The molecule has 0 saturated heterocycles. The van der Waals surface area contributed by atoms with Crippen molar-refractivity contribution in [1.82, 2.24) is 14.7 Å². The maximum Gasteiger partial charge on any atom is 0.326 e. The predicted octanol–water partition coefficient (Wildman–Crippen LogP) is -0.110. The lowest BCUT2D eigenvalue weighted by Crippen LogP contribution is -2.42. The summed E-state index contributed by atoms with van der Waals surface area (Å²) >= 11 is 1.46. The number of thiazole rings is 1. The third-order valence-electron chi connectivity index (χ3n) is 2.54. The first-order valence-electron chi connectivity index (χ1n) is 5.64. The van der Waals surface area contributed by atoms with Crippen molar-refractivity contribution in [3.63, 3.8) is 0 Å². The molecule has 102 valence electrons. The number of rotatable bonds is 6. The van der Waals surface area contributed by atoms with Crippen LogP contribution in [0.3, 0.4) is 0 Å². The zero-order valence-electron chi connectivity index (χ0n) is 9.94. The Bertz CT molecular complexity index is 563. The van der Waals surface area contributed by atoms with Gasteiger partial charge in [-0.2, -0.15) is 0 Å². The summed E-state index contributed by atoms with van der Waals surface area (Å²) in [4.78, 5) is 27.6. The molecule has 1 amide bonds. The third kappa shape index (κ3) is 3.30. The Hall–Kier alpha value is -1.93. The third-order valence-corrected chi connectivity index (χ3v) is 3.31. The quantitative estimate of drug-likeness (QED) is 0.686. The highest BCUT2D eigenvalue weighted by atomic mass is 32.1. The average molecular weight is 283 g/mol. The maximum absolute atomic E-state index is 11.7. The molecule has 0 aliphatic rings. The van der Waals surface area contributed by atoms with Crippen LogP contribution in [0.5, 0.6) is 0 Å². The molecule has 0 aliphatic heterocycles. The number of nitrogens with zero attached hydrogens (tertiary/aromatic N) is 2. The molecule has 7 nitrogen and oxygen atoms in total. The number of fused-ring (bicyclic) bond motifs is 1. The van der Waals surface area contributed by atoms with Crippen molar-refractivity contribution in [2.24, 2.45) is 0 Å². The lowest BCUT2D eigenvalue weighted by molar-refractivity contribution is -0.142. The van der Waals surface area contributed by atoms with Crippen LogP contribution in [-0.2, 0) is 16.0 Å². The van der Waals surface area contributed by atoms with Crippen LogP contribution < -0.4 is 5.32 Å². The van der Waals surface area contributed by atoms with Crippen LogP contribution in [0.4, 0.5) is 0 Å². The molecule has 0 bridgehead atoms. The minimum absolute atomic E-state index is 0.0145. The summed E-state index contributed by atoms with van der Waals surface area (Å²) in [5, 5.41) is 21.8. The van der Waals surface area contributed by atoms with Gasteiger partial charge in [0.2, 0.25) is 5.91 Å². The van der Waals surface area contributed by atoms with Gasteiger partial charge in [0.15, 0.2) is 4.96 Å². The predicted molar refractivity (Wildman–Crippen MR) is 68.0 cm³/mol. The topological polar surface area (TPSA) is 104 Å². The van der Waals surface area contributed by atoms with Crippen molar-refractivity contribution in [3.05, 3.63) is 23.5 Å². The van der Waals surface area contributed by atoms with Gasteiger partial charge in [-0.15, -0.1) is 11.3 Å². The van der Waals surface area contributed by atoms with E-state index in [2.05, 4.69) is 10.3 Å². The molecule has 2 aromatic rings. The van der Waals surface area contributed by atoms with E-state index in [1.807, 2.05) is 11.6 Å². The van der Waals surface area contributed by atoms with Crippen LogP contribution >= 0.6 is 11.3 Å². The Morgan fingerprint density at radius 2 is 2.32 bits per heavy atom. The summed E-state index contributed by atoms with van der Waals surface area (Å²) in [6.07, 6.45) is 3.57. The Labute approximate surface area is 112 Å². The largest absolute Gasteiger partial charge is 0.480 e. The van der Waals surface area contributed by atoms with Crippen molar-refractivity contribution in [2.75, 3.05) is 6.61 Å². The van der Waals surface area contributed by atoms with E-state index < -0.39 is 17.9 Å². The zero-order valence-corrected chi connectivity index (χ0v) is 10.8. The summed E-state index contributed by atoms with van der Waals surface area (Å²) < 4.78 is 1.80. The Kier molecular flexibility index (Phi) is 4.13. The molecular formula is C11H13N3O4S. The summed E-state index contributed by atoms with van der Waals surface area (Å²) in [5.74, 6) is -1.58. The van der Waals surface area contributed by atoms with E-state index in [1.54, 1.807) is 10.6 Å². The van der Waals surface area contributed by atoms with Gasteiger partial charge < -0.3 is 15.5 Å². The van der Waals surface area contributed by atoms with Crippen molar-refractivity contribution in [1.29, 1.82) is 0 Å². The fraction of sp³-hybridized carbons (Fsp3) is 0.364. The second-order valence-corrected chi connectivity index (χ2v) is 4.85. The second kappa shape index (κ2) is 5.81. The molecule has 0 aromatic carbocycles. The van der Waals surface area contributed by atoms with Gasteiger partial charge in [0.25, 0.3) is 0 Å². The number of aliphatic hydroxyl groups excluding tert-OH is 1. The number of carboxylic acids is 1. The van der Waals surface area contributed by atoms with Crippen molar-refractivity contribution in [2.45, 2.75) is 18.9 Å². The van der Waals surface area contributed by atoms with Crippen LogP contribution in [-0.4, -0.2) is 44.1 Å². The van der Waals surface area contributed by atoms with Gasteiger partial charge in [-0.25, -0.2) is 9.78 Å². The van der Waals surface area contributed by atoms with E-state index in [1.165, 1.54) is 11.3 Å². The summed E-state index contributed by atoms with van der Waals surface area (Å²) in [7, 11) is 0. The molecule has 0 fully saturated rings. The van der Waals surface area contributed by atoms with E-state index in [9.17, 15) is 9.59 Å². The van der Waals surface area contributed by atoms with Crippen LogP contribution in [0.1, 0.15) is 12.1 Å². The van der Waals surface area contributed by atoms with Gasteiger partial charge >= 0.3 is 5.97 Å². The molecule has 0 spiro atoms. The Morgan fingerprint density at radius 1 is 1.53 bits per heavy atom. The Morgan fingerprint density at radius 3 is 2.95 bits per heavy atom. The van der Waals surface area contributed by atoms with Crippen LogP contribution in [0.25, 0.3) is 4.96 Å². The molecule has 2 heterocycles. The maximum atomic E-state index is 11.7. The van der Waals surface area contributed by atoms with Crippen molar-refractivity contribution >= 4 is 28.2 Å². The van der Waals surface area contributed by atoms with Crippen molar-refractivity contribution in [3.8, 4) is 0 Å². The van der Waals surface area contributed by atoms with E-state index in [0.29, 0.717) is 5.69 Å². The first-order chi connectivity index (χ1) is 9.10. The lowest BCUT2D eigenvalue weighted by atomic mass is 10.2. The van der Waals surface area contributed by atoms with Crippen LogP contribution in [0, 0.1) is 0 Å². The Balaban J connectivity index is 1.96. The number of nitrogens with one attached hydrogen (secondary N) is 1. The van der Waals surface area contributed by atoms with E-state index in [4.69, 9.17) is 10.2 Å². The lowest BCUT2D eigenvalue weighted by Gasteiger charge is -2.12. The number of aliphatic carboxylic acids is 1. The zero-order chi connectivity index (χ0) is 13.8. The molecule has 3 N–H and O–H groups in total. The number of amides is 1. The van der Waals surface area contributed by atoms with Crippen LogP contribution in [0.15, 0.2) is 17.8 Å².